The molecule has 0 aliphatic heterocycles. The Kier molecular flexibility index (Phi) is 4.76. The van der Waals surface area contributed by atoms with E-state index in [0.29, 0.717) is 12.2 Å². The minimum Gasteiger partial charge on any atom is -0.468 e. The number of hydrogen-bond acceptors (Lipinski definition) is 4. The number of terminal acetylenes is 1. The topological polar surface area (TPSA) is 64.4 Å². The van der Waals surface area contributed by atoms with Crippen molar-refractivity contribution < 1.29 is 9.66 Å². The van der Waals surface area contributed by atoms with Crippen LogP contribution in [0.5, 0.6) is 5.75 Å². The van der Waals surface area contributed by atoms with Gasteiger partial charge in [0.2, 0.25) is 5.75 Å². The van der Waals surface area contributed by atoms with Crippen molar-refractivity contribution in [1.82, 2.24) is 0 Å². The maximum Gasteiger partial charge on any atom is 0.333 e. The quantitative estimate of drug-likeness (QED) is 0.485. The van der Waals surface area contributed by atoms with Crippen molar-refractivity contribution >= 4 is 11.4 Å². The molecule has 0 atom stereocenters. The van der Waals surface area contributed by atoms with Crippen molar-refractivity contribution in [3.05, 3.63) is 28.3 Å². The van der Waals surface area contributed by atoms with Gasteiger partial charge in [0.15, 0.2) is 5.60 Å². The molecule has 0 saturated heterocycles. The summed E-state index contributed by atoms with van der Waals surface area (Å²) in [5.74, 6) is 2.63. The molecular weight excluding hydrogens is 244 g/mol. The number of benzene rings is 1. The third-order valence-electron chi connectivity index (χ3n) is 2.46. The van der Waals surface area contributed by atoms with E-state index in [0.717, 1.165) is 6.42 Å². The number of nitrogens with zero attached hydrogens (tertiary/aromatic N) is 1. The summed E-state index contributed by atoms with van der Waals surface area (Å²) >= 11 is 0. The summed E-state index contributed by atoms with van der Waals surface area (Å²) < 4.78 is 5.55. The predicted molar refractivity (Wildman–Crippen MR) is 75.4 cm³/mol. The molecule has 0 unspecified atom stereocenters. The van der Waals surface area contributed by atoms with E-state index < -0.39 is 10.5 Å². The van der Waals surface area contributed by atoms with Gasteiger partial charge in [-0.15, -0.1) is 6.42 Å². The van der Waals surface area contributed by atoms with Crippen molar-refractivity contribution in [1.29, 1.82) is 0 Å². The second-order valence-electron chi connectivity index (χ2n) is 4.59. The van der Waals surface area contributed by atoms with Gasteiger partial charge < -0.3 is 10.1 Å². The van der Waals surface area contributed by atoms with Crippen molar-refractivity contribution in [2.75, 3.05) is 11.9 Å². The fourth-order valence-corrected chi connectivity index (χ4v) is 1.50. The Hall–Kier alpha value is -2.22. The van der Waals surface area contributed by atoms with Crippen LogP contribution in [0.25, 0.3) is 0 Å². The predicted octanol–water partition coefficient (Wildman–Crippen LogP) is 3.21. The highest BCUT2D eigenvalue weighted by atomic mass is 16.6. The summed E-state index contributed by atoms with van der Waals surface area (Å²) in [6.45, 7) is 6.01. The lowest BCUT2D eigenvalue weighted by Gasteiger charge is -2.20. The van der Waals surface area contributed by atoms with Gasteiger partial charge in [-0.25, -0.2) is 0 Å². The fraction of sp³-hybridized carbons (Fsp3) is 0.429. The number of nitrogens with one attached hydrogen (secondary N) is 1. The Labute approximate surface area is 113 Å². The molecule has 0 heterocycles. The molecule has 1 N–H and O–H groups in total. The molecule has 1 aromatic rings. The third-order valence-corrected chi connectivity index (χ3v) is 2.46. The zero-order valence-electron chi connectivity index (χ0n) is 11.4. The molecule has 0 spiro atoms. The smallest absolute Gasteiger partial charge is 0.333 e. The summed E-state index contributed by atoms with van der Waals surface area (Å²) in [6, 6.07) is 4.91. The van der Waals surface area contributed by atoms with Crippen LogP contribution in [0.4, 0.5) is 11.4 Å². The molecule has 0 amide bonds. The van der Waals surface area contributed by atoms with Crippen molar-refractivity contribution in [2.45, 2.75) is 32.8 Å². The lowest BCUT2D eigenvalue weighted by atomic mass is 10.1. The van der Waals surface area contributed by atoms with E-state index in [1.807, 2.05) is 6.92 Å². The molecule has 0 bridgehead atoms. The Morgan fingerprint density at radius 1 is 1.53 bits per heavy atom. The van der Waals surface area contributed by atoms with Crippen LogP contribution in [0.3, 0.4) is 0 Å². The van der Waals surface area contributed by atoms with Gasteiger partial charge in [0.1, 0.15) is 5.69 Å². The minimum absolute atomic E-state index is 0.0840. The van der Waals surface area contributed by atoms with Gasteiger partial charge in [-0.3, -0.25) is 10.1 Å². The fourth-order valence-electron chi connectivity index (χ4n) is 1.50. The Bertz CT molecular complexity index is 504. The standard InChI is InChI=1S/C14H18N2O3/c1-5-10-15-11-8-7-9-12(13(11)16(17)18)19-14(3,4)6-2/h2,7-9,15H,5,10H2,1,3-4H3. The lowest BCUT2D eigenvalue weighted by molar-refractivity contribution is -0.385. The molecule has 0 aliphatic carbocycles. The minimum atomic E-state index is -0.895. The first-order valence-electron chi connectivity index (χ1n) is 6.09. The van der Waals surface area contributed by atoms with Gasteiger partial charge in [-0.2, -0.15) is 0 Å². The van der Waals surface area contributed by atoms with Gasteiger partial charge >= 0.3 is 5.69 Å². The molecule has 0 radical (unpaired) electrons. The van der Waals surface area contributed by atoms with E-state index in [1.54, 1.807) is 32.0 Å². The van der Waals surface area contributed by atoms with Gasteiger partial charge in [0.25, 0.3) is 0 Å². The summed E-state index contributed by atoms with van der Waals surface area (Å²) in [4.78, 5) is 10.8. The van der Waals surface area contributed by atoms with Crippen LogP contribution >= 0.6 is 0 Å². The zero-order chi connectivity index (χ0) is 14.5. The van der Waals surface area contributed by atoms with Gasteiger partial charge in [0.05, 0.1) is 4.92 Å². The van der Waals surface area contributed by atoms with Gasteiger partial charge in [-0.05, 0) is 32.4 Å². The third kappa shape index (κ3) is 3.88. The molecule has 0 aromatic heterocycles. The van der Waals surface area contributed by atoms with Crippen LogP contribution in [-0.4, -0.2) is 17.1 Å². The summed E-state index contributed by atoms with van der Waals surface area (Å²) in [5, 5.41) is 14.2. The van der Waals surface area contributed by atoms with E-state index in [-0.39, 0.29) is 11.4 Å². The molecule has 19 heavy (non-hydrogen) atoms. The Morgan fingerprint density at radius 3 is 2.74 bits per heavy atom. The number of rotatable bonds is 6. The molecule has 0 saturated carbocycles. The molecule has 102 valence electrons. The highest BCUT2D eigenvalue weighted by Crippen LogP contribution is 2.36. The zero-order valence-corrected chi connectivity index (χ0v) is 11.4. The van der Waals surface area contributed by atoms with E-state index in [9.17, 15) is 10.1 Å². The molecule has 5 heteroatoms. The second kappa shape index (κ2) is 6.10. The van der Waals surface area contributed by atoms with Crippen molar-refractivity contribution in [3.8, 4) is 18.1 Å². The average molecular weight is 262 g/mol. The maximum absolute atomic E-state index is 11.2. The number of ether oxygens (including phenoxy) is 1. The summed E-state index contributed by atoms with van der Waals surface area (Å²) in [6.07, 6.45) is 6.21. The van der Waals surface area contributed by atoms with Crippen LogP contribution in [0.1, 0.15) is 27.2 Å². The maximum atomic E-state index is 11.2. The number of anilines is 1. The van der Waals surface area contributed by atoms with Crippen LogP contribution < -0.4 is 10.1 Å². The Morgan fingerprint density at radius 2 is 2.21 bits per heavy atom. The SMILES string of the molecule is C#CC(C)(C)Oc1cccc(NCCC)c1[N+](=O)[O-]. The molecule has 1 aromatic carbocycles. The first-order chi connectivity index (χ1) is 8.91. The first kappa shape index (κ1) is 14.8. The van der Waals surface area contributed by atoms with E-state index >= 15 is 0 Å². The summed E-state index contributed by atoms with van der Waals surface area (Å²) in [7, 11) is 0. The molecule has 0 fully saturated rings. The van der Waals surface area contributed by atoms with Crippen LogP contribution in [0.15, 0.2) is 18.2 Å². The Balaban J connectivity index is 3.17. The molecule has 5 nitrogen and oxygen atoms in total. The number of nitro benzene ring substituents is 1. The molecule has 0 aliphatic rings. The van der Waals surface area contributed by atoms with Gasteiger partial charge in [0, 0.05) is 6.54 Å². The number of nitro groups is 1. The second-order valence-corrected chi connectivity index (χ2v) is 4.59. The normalized spacial score (nSPS) is 10.6. The van der Waals surface area contributed by atoms with Crippen LogP contribution in [-0.2, 0) is 0 Å². The molecule has 1 rings (SSSR count). The highest BCUT2D eigenvalue weighted by molar-refractivity contribution is 5.68. The van der Waals surface area contributed by atoms with Gasteiger partial charge in [-0.1, -0.05) is 18.9 Å². The van der Waals surface area contributed by atoms with E-state index in [2.05, 4.69) is 11.2 Å². The highest BCUT2D eigenvalue weighted by Gasteiger charge is 2.25. The summed E-state index contributed by atoms with van der Waals surface area (Å²) in [5.41, 5.74) is -0.537. The largest absolute Gasteiger partial charge is 0.468 e. The van der Waals surface area contributed by atoms with Crippen LogP contribution in [0.2, 0.25) is 0 Å². The average Bonchev–Trinajstić information content (AvgIpc) is 2.35. The van der Waals surface area contributed by atoms with E-state index in [1.165, 1.54) is 0 Å². The monoisotopic (exact) mass is 262 g/mol. The number of para-hydroxylation sites is 1. The van der Waals surface area contributed by atoms with Crippen molar-refractivity contribution in [3.63, 3.8) is 0 Å². The van der Waals surface area contributed by atoms with Crippen molar-refractivity contribution in [2.24, 2.45) is 0 Å². The van der Waals surface area contributed by atoms with Crippen LogP contribution in [0, 0.1) is 22.5 Å². The molecular formula is C14H18N2O3. The van der Waals surface area contributed by atoms with E-state index in [4.69, 9.17) is 11.2 Å². The first-order valence-corrected chi connectivity index (χ1v) is 6.09. The number of hydrogen-bond donors (Lipinski definition) is 1. The lowest BCUT2D eigenvalue weighted by Crippen LogP contribution is -2.26.